The first-order valence-electron chi connectivity index (χ1n) is 9.83. The van der Waals surface area contributed by atoms with E-state index in [1.165, 1.54) is 6.26 Å². The number of furan rings is 1. The highest BCUT2D eigenvalue weighted by Gasteiger charge is 2.36. The number of hydrogen-bond acceptors (Lipinski definition) is 4. The Balaban J connectivity index is 1.73. The third-order valence-electron chi connectivity index (χ3n) is 5.17. The van der Waals surface area contributed by atoms with Crippen LogP contribution in [0.15, 0.2) is 41.0 Å². The van der Waals surface area contributed by atoms with Crippen LogP contribution in [0.5, 0.6) is 5.75 Å². The summed E-state index contributed by atoms with van der Waals surface area (Å²) >= 11 is 0. The molecule has 1 fully saturated rings. The van der Waals surface area contributed by atoms with Crippen LogP contribution in [0.25, 0.3) is 0 Å². The van der Waals surface area contributed by atoms with Gasteiger partial charge in [0, 0.05) is 20.1 Å². The quantitative estimate of drug-likeness (QED) is 0.731. The van der Waals surface area contributed by atoms with E-state index in [2.05, 4.69) is 6.92 Å². The van der Waals surface area contributed by atoms with E-state index in [1.807, 2.05) is 31.2 Å². The average Bonchev–Trinajstić information content (AvgIpc) is 3.17. The van der Waals surface area contributed by atoms with Crippen LogP contribution in [0.1, 0.15) is 47.9 Å². The van der Waals surface area contributed by atoms with E-state index in [0.29, 0.717) is 30.8 Å². The molecule has 150 valence electrons. The first kappa shape index (κ1) is 20.0. The lowest BCUT2D eigenvalue weighted by Gasteiger charge is -2.39. The largest absolute Gasteiger partial charge is 0.486 e. The summed E-state index contributed by atoms with van der Waals surface area (Å²) in [6, 6.07) is 8.97. The average molecular weight is 384 g/mol. The summed E-state index contributed by atoms with van der Waals surface area (Å²) in [6.45, 7) is 5.33. The molecule has 1 atom stereocenters. The predicted molar refractivity (Wildman–Crippen MR) is 106 cm³/mol. The molecule has 1 aliphatic rings. The third-order valence-corrected chi connectivity index (χ3v) is 5.17. The van der Waals surface area contributed by atoms with Gasteiger partial charge in [0.1, 0.15) is 18.4 Å². The van der Waals surface area contributed by atoms with Crippen molar-refractivity contribution >= 4 is 11.8 Å². The van der Waals surface area contributed by atoms with Crippen molar-refractivity contribution in [3.63, 3.8) is 0 Å². The molecule has 2 heterocycles. The molecular formula is C22H28N2O4. The van der Waals surface area contributed by atoms with Gasteiger partial charge in [-0.1, -0.05) is 37.5 Å². The molecule has 6 nitrogen and oxygen atoms in total. The van der Waals surface area contributed by atoms with Gasteiger partial charge in [0.15, 0.2) is 5.76 Å². The minimum absolute atomic E-state index is 0.00833. The van der Waals surface area contributed by atoms with Gasteiger partial charge in [-0.05, 0) is 31.5 Å². The van der Waals surface area contributed by atoms with Gasteiger partial charge in [0.25, 0.3) is 5.91 Å². The zero-order chi connectivity index (χ0) is 20.1. The number of aryl methyl sites for hydroxylation is 1. The van der Waals surface area contributed by atoms with Crippen LogP contribution < -0.4 is 4.74 Å². The number of unbranched alkanes of at least 4 members (excludes halogenated alkanes) is 1. The van der Waals surface area contributed by atoms with Gasteiger partial charge in [0.05, 0.1) is 11.8 Å². The summed E-state index contributed by atoms with van der Waals surface area (Å²) in [4.78, 5) is 29.2. The maximum atomic E-state index is 13.2. The van der Waals surface area contributed by atoms with E-state index in [-0.39, 0.29) is 18.4 Å². The predicted octanol–water partition coefficient (Wildman–Crippen LogP) is 3.64. The Bertz CT molecular complexity index is 812. The van der Waals surface area contributed by atoms with E-state index in [9.17, 15) is 9.59 Å². The summed E-state index contributed by atoms with van der Waals surface area (Å²) in [7, 11) is 1.79. The van der Waals surface area contributed by atoms with Crippen molar-refractivity contribution in [2.75, 3.05) is 20.1 Å². The zero-order valence-corrected chi connectivity index (χ0v) is 16.8. The van der Waals surface area contributed by atoms with E-state index in [1.54, 1.807) is 22.9 Å². The second-order valence-electron chi connectivity index (χ2n) is 7.28. The van der Waals surface area contributed by atoms with Crippen LogP contribution in [0.3, 0.4) is 0 Å². The van der Waals surface area contributed by atoms with Crippen LogP contribution in [-0.2, 0) is 11.4 Å². The van der Waals surface area contributed by atoms with E-state index in [4.69, 9.17) is 9.15 Å². The Morgan fingerprint density at radius 1 is 1.21 bits per heavy atom. The number of benzene rings is 1. The normalized spacial score (nSPS) is 17.1. The fourth-order valence-corrected chi connectivity index (χ4v) is 3.41. The molecule has 6 heteroatoms. The number of carbonyl (C=O) groups is 2. The topological polar surface area (TPSA) is 63.0 Å². The molecule has 28 heavy (non-hydrogen) atoms. The van der Waals surface area contributed by atoms with Crippen molar-refractivity contribution in [3.05, 3.63) is 53.5 Å². The number of amides is 2. The summed E-state index contributed by atoms with van der Waals surface area (Å²) in [6.07, 6.45) is 4.07. The number of nitrogens with zero attached hydrogens (tertiary/aromatic N) is 2. The minimum atomic E-state index is -0.410. The highest BCUT2D eigenvalue weighted by atomic mass is 16.5. The highest BCUT2D eigenvalue weighted by molar-refractivity contribution is 5.98. The van der Waals surface area contributed by atoms with Gasteiger partial charge in [0.2, 0.25) is 5.91 Å². The van der Waals surface area contributed by atoms with Gasteiger partial charge in [-0.15, -0.1) is 0 Å². The van der Waals surface area contributed by atoms with Gasteiger partial charge in [-0.25, -0.2) is 0 Å². The van der Waals surface area contributed by atoms with E-state index < -0.39 is 6.04 Å². The molecule has 0 saturated carbocycles. The van der Waals surface area contributed by atoms with Crippen molar-refractivity contribution in [2.24, 2.45) is 0 Å². The SMILES string of the molecule is CCCC[C@H]1C(=O)N(C)CCN1C(=O)c1ccoc1COc1ccc(C)cc1. The molecule has 0 aliphatic carbocycles. The summed E-state index contributed by atoms with van der Waals surface area (Å²) in [5, 5.41) is 0. The van der Waals surface area contributed by atoms with Gasteiger partial charge < -0.3 is 19.0 Å². The number of hydrogen-bond donors (Lipinski definition) is 0. The highest BCUT2D eigenvalue weighted by Crippen LogP contribution is 2.23. The second kappa shape index (κ2) is 8.95. The number of ether oxygens (including phenoxy) is 1. The van der Waals surface area contributed by atoms with E-state index >= 15 is 0 Å². The molecule has 0 unspecified atom stereocenters. The Kier molecular flexibility index (Phi) is 6.39. The number of likely N-dealkylation sites (N-methyl/N-ethyl adjacent to an activating group) is 1. The van der Waals surface area contributed by atoms with Crippen molar-refractivity contribution in [3.8, 4) is 5.75 Å². The molecule has 1 aromatic heterocycles. The molecular weight excluding hydrogens is 356 g/mol. The van der Waals surface area contributed by atoms with Gasteiger partial charge >= 0.3 is 0 Å². The maximum absolute atomic E-state index is 13.2. The van der Waals surface area contributed by atoms with Crippen LogP contribution in [-0.4, -0.2) is 47.8 Å². The molecule has 1 aliphatic heterocycles. The Labute approximate surface area is 166 Å². The molecule has 1 saturated heterocycles. The molecule has 1 aromatic carbocycles. The number of piperazine rings is 1. The lowest BCUT2D eigenvalue weighted by molar-refractivity contribution is -0.138. The zero-order valence-electron chi connectivity index (χ0n) is 16.8. The molecule has 2 aromatic rings. The Morgan fingerprint density at radius 3 is 2.68 bits per heavy atom. The lowest BCUT2D eigenvalue weighted by atomic mass is 10.0. The van der Waals surface area contributed by atoms with Crippen LogP contribution in [0, 0.1) is 6.92 Å². The smallest absolute Gasteiger partial charge is 0.258 e. The molecule has 0 N–H and O–H groups in total. The minimum Gasteiger partial charge on any atom is -0.486 e. The van der Waals surface area contributed by atoms with Crippen molar-refractivity contribution in [2.45, 2.75) is 45.8 Å². The fourth-order valence-electron chi connectivity index (χ4n) is 3.41. The molecule has 2 amide bonds. The Hall–Kier alpha value is -2.76. The van der Waals surface area contributed by atoms with Crippen LogP contribution >= 0.6 is 0 Å². The molecule has 0 bridgehead atoms. The monoisotopic (exact) mass is 384 g/mol. The first-order valence-corrected chi connectivity index (χ1v) is 9.83. The van der Waals surface area contributed by atoms with Gasteiger partial charge in [-0.2, -0.15) is 0 Å². The van der Waals surface area contributed by atoms with Crippen LogP contribution in [0.2, 0.25) is 0 Å². The lowest BCUT2D eigenvalue weighted by Crippen LogP contribution is -2.57. The summed E-state index contributed by atoms with van der Waals surface area (Å²) < 4.78 is 11.3. The molecule has 0 spiro atoms. The van der Waals surface area contributed by atoms with Crippen molar-refractivity contribution < 1.29 is 18.7 Å². The second-order valence-corrected chi connectivity index (χ2v) is 7.28. The standard InChI is InChI=1S/C22H28N2O4/c1-4-5-6-19-22(26)23(3)12-13-24(19)21(25)18-11-14-27-20(18)15-28-17-9-7-16(2)8-10-17/h7-11,14,19H,4-6,12-13,15H2,1-3H3/t19-/m0/s1. The molecule has 3 rings (SSSR count). The van der Waals surface area contributed by atoms with E-state index in [0.717, 1.165) is 24.2 Å². The summed E-state index contributed by atoms with van der Waals surface area (Å²) in [5.74, 6) is 1.04. The fraction of sp³-hybridized carbons (Fsp3) is 0.455. The number of rotatable bonds is 7. The summed E-state index contributed by atoms with van der Waals surface area (Å²) in [5.41, 5.74) is 1.62. The van der Waals surface area contributed by atoms with Gasteiger partial charge in [-0.3, -0.25) is 9.59 Å². The number of carbonyl (C=O) groups excluding carboxylic acids is 2. The maximum Gasteiger partial charge on any atom is 0.258 e. The van der Waals surface area contributed by atoms with Crippen LogP contribution in [0.4, 0.5) is 0 Å². The molecule has 0 radical (unpaired) electrons. The van der Waals surface area contributed by atoms with Crippen molar-refractivity contribution in [1.82, 2.24) is 9.80 Å². The Morgan fingerprint density at radius 2 is 1.96 bits per heavy atom. The van der Waals surface area contributed by atoms with Crippen molar-refractivity contribution in [1.29, 1.82) is 0 Å². The first-order chi connectivity index (χ1) is 13.5. The third kappa shape index (κ3) is 4.38.